The molecular formula is C56H39N3. The van der Waals surface area contributed by atoms with Crippen molar-refractivity contribution in [1.82, 2.24) is 5.32 Å². The van der Waals surface area contributed by atoms with Crippen LogP contribution in [-0.4, -0.2) is 11.7 Å². The quantitative estimate of drug-likeness (QED) is 0.187. The fourth-order valence-electron chi connectivity index (χ4n) is 10.4. The van der Waals surface area contributed by atoms with Crippen molar-refractivity contribution in [3.8, 4) is 33.4 Å². The van der Waals surface area contributed by atoms with E-state index in [-0.39, 0.29) is 0 Å². The molecule has 0 saturated carbocycles. The number of hydrogen-bond donors (Lipinski definition) is 1. The first kappa shape index (κ1) is 33.7. The molecular weight excluding hydrogens is 715 g/mol. The zero-order chi connectivity index (χ0) is 38.9. The van der Waals surface area contributed by atoms with Crippen LogP contribution in [0.15, 0.2) is 222 Å². The number of amidine groups is 2. The van der Waals surface area contributed by atoms with E-state index in [1.807, 2.05) is 6.07 Å². The summed E-state index contributed by atoms with van der Waals surface area (Å²) in [5, 5.41) is 6.17. The Morgan fingerprint density at radius 3 is 1.86 bits per heavy atom. The smallest absolute Gasteiger partial charge is 0.169 e. The predicted octanol–water partition coefficient (Wildman–Crippen LogP) is 13.0. The van der Waals surface area contributed by atoms with Gasteiger partial charge in [0.25, 0.3) is 0 Å². The second kappa shape index (κ2) is 13.4. The van der Waals surface area contributed by atoms with E-state index in [0.29, 0.717) is 5.92 Å². The van der Waals surface area contributed by atoms with Crippen LogP contribution in [0.1, 0.15) is 57.4 Å². The van der Waals surface area contributed by atoms with Crippen LogP contribution in [-0.2, 0) is 5.41 Å². The van der Waals surface area contributed by atoms with E-state index in [1.165, 1.54) is 72.0 Å². The van der Waals surface area contributed by atoms with Gasteiger partial charge in [-0.2, -0.15) is 0 Å². The van der Waals surface area contributed by atoms with Crippen molar-refractivity contribution in [1.29, 1.82) is 0 Å². The molecule has 3 heteroatoms. The van der Waals surface area contributed by atoms with E-state index in [4.69, 9.17) is 9.98 Å². The Kier molecular flexibility index (Phi) is 7.64. The molecule has 3 unspecified atom stereocenters. The molecule has 0 saturated heterocycles. The summed E-state index contributed by atoms with van der Waals surface area (Å²) in [4.78, 5) is 10.8. The van der Waals surface area contributed by atoms with Crippen LogP contribution in [0, 0.1) is 0 Å². The summed E-state index contributed by atoms with van der Waals surface area (Å²) in [7, 11) is 0. The summed E-state index contributed by atoms with van der Waals surface area (Å²) in [6, 6.07) is 68.4. The van der Waals surface area contributed by atoms with Gasteiger partial charge in [0.15, 0.2) is 6.17 Å². The summed E-state index contributed by atoms with van der Waals surface area (Å²) < 4.78 is 0. The molecule has 8 aromatic rings. The SMILES string of the molecule is C1=CCC2C(=C1)C1(c3cc(C4N=C(c5ccccc5)NC(c5ccc(-c6ccccc6)cc5)=N4)ccc3-c3c1cc1ccccc1c3-c1ccccc1)c1ccccc12. The third-order valence-corrected chi connectivity index (χ3v) is 12.9. The maximum Gasteiger partial charge on any atom is 0.169 e. The van der Waals surface area contributed by atoms with Crippen molar-refractivity contribution in [2.24, 2.45) is 9.98 Å². The van der Waals surface area contributed by atoms with Crippen LogP contribution >= 0.6 is 0 Å². The lowest BCUT2D eigenvalue weighted by atomic mass is 9.68. The van der Waals surface area contributed by atoms with Crippen LogP contribution in [0.5, 0.6) is 0 Å². The number of rotatable bonds is 5. The molecule has 1 aliphatic heterocycles. The summed E-state index contributed by atoms with van der Waals surface area (Å²) in [5.74, 6) is 1.93. The lowest BCUT2D eigenvalue weighted by molar-refractivity contribution is 0.702. The summed E-state index contributed by atoms with van der Waals surface area (Å²) in [6.07, 6.45) is 7.57. The van der Waals surface area contributed by atoms with E-state index in [1.54, 1.807) is 0 Å². The fraction of sp³-hybridized carbons (Fsp3) is 0.0714. The molecule has 8 aromatic carbocycles. The Labute approximate surface area is 344 Å². The molecule has 278 valence electrons. The second-order valence-electron chi connectivity index (χ2n) is 16.0. The van der Waals surface area contributed by atoms with Crippen LogP contribution in [0.25, 0.3) is 44.2 Å². The molecule has 0 fully saturated rings. The largest absolute Gasteiger partial charge is 0.324 e. The first-order chi connectivity index (χ1) is 29.3. The van der Waals surface area contributed by atoms with Crippen molar-refractivity contribution in [3.63, 3.8) is 0 Å². The molecule has 3 nitrogen and oxygen atoms in total. The summed E-state index contributed by atoms with van der Waals surface area (Å²) in [6.45, 7) is 0. The van der Waals surface area contributed by atoms with Crippen LogP contribution in [0.2, 0.25) is 0 Å². The molecule has 0 radical (unpaired) electrons. The first-order valence-electron chi connectivity index (χ1n) is 20.6. The maximum atomic E-state index is 5.42. The van der Waals surface area contributed by atoms with Gasteiger partial charge in [-0.3, -0.25) is 0 Å². The first-order valence-corrected chi connectivity index (χ1v) is 20.6. The minimum Gasteiger partial charge on any atom is -0.324 e. The number of fused-ring (bicyclic) bond motifs is 11. The number of aliphatic imine (C=N–C) groups is 2. The number of hydrogen-bond acceptors (Lipinski definition) is 3. The summed E-state index contributed by atoms with van der Waals surface area (Å²) in [5.41, 5.74) is 17.1. The average molecular weight is 754 g/mol. The highest BCUT2D eigenvalue weighted by Crippen LogP contribution is 2.67. The molecule has 1 N–H and O–H groups in total. The van der Waals surface area contributed by atoms with Gasteiger partial charge in [-0.15, -0.1) is 0 Å². The Morgan fingerprint density at radius 1 is 0.492 bits per heavy atom. The predicted molar refractivity (Wildman–Crippen MR) is 243 cm³/mol. The average Bonchev–Trinajstić information content (AvgIpc) is 3.78. The monoisotopic (exact) mass is 753 g/mol. The lowest BCUT2D eigenvalue weighted by Gasteiger charge is -2.33. The summed E-state index contributed by atoms with van der Waals surface area (Å²) >= 11 is 0. The number of allylic oxidation sites excluding steroid dienone is 4. The van der Waals surface area contributed by atoms with Gasteiger partial charge in [0.1, 0.15) is 11.7 Å². The van der Waals surface area contributed by atoms with Crippen molar-refractivity contribution in [3.05, 3.63) is 251 Å². The molecule has 0 aromatic heterocycles. The maximum absolute atomic E-state index is 5.42. The Morgan fingerprint density at radius 2 is 1.10 bits per heavy atom. The van der Waals surface area contributed by atoms with Crippen LogP contribution in [0.4, 0.5) is 0 Å². The molecule has 1 heterocycles. The molecule has 0 bridgehead atoms. The Balaban J connectivity index is 1.10. The van der Waals surface area contributed by atoms with Gasteiger partial charge in [0.05, 0.1) is 5.41 Å². The van der Waals surface area contributed by atoms with Gasteiger partial charge in [0.2, 0.25) is 0 Å². The highest BCUT2D eigenvalue weighted by atomic mass is 15.2. The number of nitrogens with one attached hydrogen (secondary N) is 1. The fourth-order valence-corrected chi connectivity index (χ4v) is 10.4. The molecule has 1 spiro atoms. The third kappa shape index (κ3) is 5.14. The van der Waals surface area contributed by atoms with Gasteiger partial charge in [-0.25, -0.2) is 9.98 Å². The number of benzene rings is 8. The van der Waals surface area contributed by atoms with Crippen molar-refractivity contribution >= 4 is 22.4 Å². The molecule has 12 rings (SSSR count). The molecule has 0 amide bonds. The second-order valence-corrected chi connectivity index (χ2v) is 16.0. The van der Waals surface area contributed by atoms with Crippen LogP contribution < -0.4 is 5.32 Å². The van der Waals surface area contributed by atoms with E-state index in [9.17, 15) is 0 Å². The molecule has 3 aliphatic carbocycles. The lowest BCUT2D eigenvalue weighted by Crippen LogP contribution is -2.36. The standard InChI is InChI=1S/C56H39N3/c1-4-16-36(17-5-1)37-28-30-40(31-29-37)54-57-53(39-20-8-3-9-21-39)58-55(59-54)42-32-33-46-49(35-42)56(47-26-14-12-24-44(47)45-25-13-15-27-48(45)56)50-34-41-22-10-11-23-43(41)51(52(46)50)38-18-6-2-7-19-38/h1-24,26-35,45,55H,25H2,(H,57,58,59). The van der Waals surface area contributed by atoms with Crippen molar-refractivity contribution in [2.75, 3.05) is 0 Å². The van der Waals surface area contributed by atoms with Crippen LogP contribution in [0.3, 0.4) is 0 Å². The third-order valence-electron chi connectivity index (χ3n) is 12.9. The highest BCUT2D eigenvalue weighted by Gasteiger charge is 2.55. The van der Waals surface area contributed by atoms with E-state index < -0.39 is 11.6 Å². The normalized spacial score (nSPS) is 19.6. The van der Waals surface area contributed by atoms with Crippen molar-refractivity contribution < 1.29 is 0 Å². The van der Waals surface area contributed by atoms with E-state index in [0.717, 1.165) is 34.8 Å². The van der Waals surface area contributed by atoms with Gasteiger partial charge >= 0.3 is 0 Å². The van der Waals surface area contributed by atoms with Gasteiger partial charge in [-0.1, -0.05) is 194 Å². The highest BCUT2D eigenvalue weighted by molar-refractivity contribution is 6.16. The Bertz CT molecular complexity index is 3080. The van der Waals surface area contributed by atoms with E-state index in [2.05, 4.69) is 206 Å². The van der Waals surface area contributed by atoms with Gasteiger partial charge < -0.3 is 5.32 Å². The van der Waals surface area contributed by atoms with Gasteiger partial charge in [0, 0.05) is 17.0 Å². The topological polar surface area (TPSA) is 36.8 Å². The minimum atomic E-state index is -0.473. The van der Waals surface area contributed by atoms with Gasteiger partial charge in [-0.05, 0) is 96.1 Å². The zero-order valence-corrected chi connectivity index (χ0v) is 32.4. The molecule has 59 heavy (non-hydrogen) atoms. The molecule has 3 atom stereocenters. The zero-order valence-electron chi connectivity index (χ0n) is 32.4. The Hall–Kier alpha value is -7.36. The minimum absolute atomic E-state index is 0.301. The molecule has 4 aliphatic rings. The van der Waals surface area contributed by atoms with Crippen molar-refractivity contribution in [2.45, 2.75) is 23.9 Å². The van der Waals surface area contributed by atoms with E-state index >= 15 is 0 Å². The number of nitrogens with zero attached hydrogens (tertiary/aromatic N) is 2.